The molecule has 0 saturated heterocycles. The molecule has 0 radical (unpaired) electrons. The van der Waals surface area contributed by atoms with Crippen LogP contribution in [0.5, 0.6) is 0 Å². The van der Waals surface area contributed by atoms with Crippen LogP contribution < -0.4 is 22.6 Å². The van der Waals surface area contributed by atoms with Gasteiger partial charge in [-0.05, 0) is 41.7 Å². The van der Waals surface area contributed by atoms with E-state index in [1.807, 2.05) is 0 Å². The van der Waals surface area contributed by atoms with E-state index >= 15 is 0 Å². The van der Waals surface area contributed by atoms with Crippen LogP contribution in [0.25, 0.3) is 0 Å². The first-order valence-electron chi connectivity index (χ1n) is 7.06. The normalized spacial score (nSPS) is 11.6. The van der Waals surface area contributed by atoms with Crippen molar-refractivity contribution in [3.05, 3.63) is 63.5 Å². The number of rotatable bonds is 3. The van der Waals surface area contributed by atoms with E-state index < -0.39 is 20.8 Å². The summed E-state index contributed by atoms with van der Waals surface area (Å²) in [7, 11) is -4.66. The van der Waals surface area contributed by atoms with Crippen LogP contribution in [0.3, 0.4) is 0 Å². The minimum atomic E-state index is -4.66. The Morgan fingerprint density at radius 3 is 2.00 bits per heavy atom. The Kier molecular flexibility index (Phi) is 7.16. The van der Waals surface area contributed by atoms with Gasteiger partial charge in [0.25, 0.3) is 22.6 Å². The highest BCUT2D eigenvalue weighted by Crippen LogP contribution is 2.25. The molecule has 0 aliphatic rings. The summed E-state index contributed by atoms with van der Waals surface area (Å²) in [6, 6.07) is 13.3. The smallest absolute Gasteiger partial charge is 0.296 e. The van der Waals surface area contributed by atoms with E-state index in [2.05, 4.69) is 67.6 Å². The average Bonchev–Trinajstić information content (AvgIpc) is 2.47. The summed E-state index contributed by atoms with van der Waals surface area (Å²) >= 11 is 2.06. The molecule has 0 spiro atoms. The average molecular weight is 450 g/mol. The molecule has 0 aliphatic heterocycles. The Morgan fingerprint density at radius 1 is 1.09 bits per heavy atom. The predicted octanol–water partition coefficient (Wildman–Crippen LogP) is 0.559. The maximum Gasteiger partial charge on any atom is 0.296 e. The fraction of sp³-hybridized carbons (Fsp3) is 0.294. The van der Waals surface area contributed by atoms with Gasteiger partial charge in [0, 0.05) is 0 Å². The Labute approximate surface area is 150 Å². The fourth-order valence-corrected chi connectivity index (χ4v) is 2.70. The summed E-state index contributed by atoms with van der Waals surface area (Å²) < 4.78 is 44.6. The second-order valence-electron chi connectivity index (χ2n) is 5.65. The largest absolute Gasteiger partial charge is 0.744 e. The van der Waals surface area contributed by atoms with E-state index in [0.717, 1.165) is 12.1 Å². The Balaban J connectivity index is 0.000000231. The summed E-state index contributed by atoms with van der Waals surface area (Å²) in [5, 5.41) is 0. The summed E-state index contributed by atoms with van der Waals surface area (Å²) in [5.41, 5.74) is 1.77. The zero-order valence-corrected chi connectivity index (χ0v) is 16.4. The first-order valence-corrected chi connectivity index (χ1v) is 9.63. The summed E-state index contributed by atoms with van der Waals surface area (Å²) in [6.45, 7) is 6.82. The summed E-state index contributed by atoms with van der Waals surface area (Å²) in [4.78, 5) is -0.806. The van der Waals surface area contributed by atoms with Crippen LogP contribution in [0.2, 0.25) is 0 Å². The first-order chi connectivity index (χ1) is 10.6. The molecule has 0 unspecified atom stereocenters. The summed E-state index contributed by atoms with van der Waals surface area (Å²) in [6.07, 6.45) is 1.19. The number of hydrogen-bond acceptors (Lipinski definition) is 3. The zero-order chi connectivity index (χ0) is 17.7. The molecule has 2 aromatic rings. The van der Waals surface area contributed by atoms with Crippen molar-refractivity contribution >= 4 is 10.1 Å². The van der Waals surface area contributed by atoms with Crippen LogP contribution in [0, 0.1) is 9.39 Å². The molecule has 0 N–H and O–H groups in total. The molecule has 0 aliphatic carbocycles. The van der Waals surface area contributed by atoms with Gasteiger partial charge in [-0.3, -0.25) is 0 Å². The number of hydrogen-bond donors (Lipinski definition) is 0. The molecule has 0 bridgehead atoms. The molecular formula is C17H20FIO3S. The van der Waals surface area contributed by atoms with Crippen molar-refractivity contribution < 1.29 is 40.0 Å². The van der Waals surface area contributed by atoms with Gasteiger partial charge in [0.2, 0.25) is 0 Å². The molecule has 3 nitrogen and oxygen atoms in total. The van der Waals surface area contributed by atoms with E-state index in [1.165, 1.54) is 27.7 Å². The van der Waals surface area contributed by atoms with Gasteiger partial charge < -0.3 is 4.55 Å². The van der Waals surface area contributed by atoms with Crippen LogP contribution in [-0.4, -0.2) is 13.0 Å². The van der Waals surface area contributed by atoms with E-state index in [4.69, 9.17) is 0 Å². The van der Waals surface area contributed by atoms with E-state index in [9.17, 15) is 17.4 Å². The van der Waals surface area contributed by atoms with Gasteiger partial charge in [0.05, 0.1) is 4.90 Å². The molecule has 0 fully saturated rings. The highest BCUT2D eigenvalue weighted by atomic mass is 127. The minimum Gasteiger partial charge on any atom is -0.744 e. The second-order valence-corrected chi connectivity index (χ2v) is 8.34. The zero-order valence-electron chi connectivity index (χ0n) is 13.2. The van der Waals surface area contributed by atoms with E-state index in [-0.39, 0.29) is 0 Å². The minimum absolute atomic E-state index is 0.328. The molecule has 23 heavy (non-hydrogen) atoms. The van der Waals surface area contributed by atoms with Crippen molar-refractivity contribution in [1.82, 2.24) is 0 Å². The Bertz CT molecular complexity index is 741. The third kappa shape index (κ3) is 6.19. The van der Waals surface area contributed by atoms with Gasteiger partial charge in [-0.15, -0.1) is 0 Å². The van der Waals surface area contributed by atoms with Crippen molar-refractivity contribution in [1.29, 1.82) is 0 Å². The van der Waals surface area contributed by atoms with Gasteiger partial charge in [0.15, 0.2) is 3.57 Å². The number of benzene rings is 2. The third-order valence-corrected chi connectivity index (χ3v) is 5.27. The van der Waals surface area contributed by atoms with Crippen LogP contribution in [0.1, 0.15) is 32.8 Å². The van der Waals surface area contributed by atoms with E-state index in [1.54, 1.807) is 0 Å². The lowest BCUT2D eigenvalue weighted by atomic mass is 9.82. The van der Waals surface area contributed by atoms with Gasteiger partial charge >= 0.3 is 0 Å². The maximum absolute atomic E-state index is 12.5. The monoisotopic (exact) mass is 450 g/mol. The van der Waals surface area contributed by atoms with Crippen LogP contribution >= 0.6 is 0 Å². The second kappa shape index (κ2) is 8.21. The maximum atomic E-state index is 12.5. The van der Waals surface area contributed by atoms with Crippen molar-refractivity contribution in [3.63, 3.8) is 0 Å². The number of halogens is 2. The SMILES string of the molecule is CCC(C)(C)c1ccc([IH+])cc1.O=S(=O)([O-])c1ccccc1F. The lowest BCUT2D eigenvalue weighted by molar-refractivity contribution is -0.328. The van der Waals surface area contributed by atoms with Gasteiger partial charge in [-0.2, -0.15) is 0 Å². The molecule has 0 aromatic heterocycles. The Morgan fingerprint density at radius 2 is 1.61 bits per heavy atom. The lowest BCUT2D eigenvalue weighted by Crippen LogP contribution is -3.34. The van der Waals surface area contributed by atoms with Crippen molar-refractivity contribution in [2.75, 3.05) is 0 Å². The quantitative estimate of drug-likeness (QED) is 0.508. The van der Waals surface area contributed by atoms with Crippen LogP contribution in [0.15, 0.2) is 53.4 Å². The lowest BCUT2D eigenvalue weighted by Gasteiger charge is -2.22. The highest BCUT2D eigenvalue weighted by Gasteiger charge is 2.17. The standard InChI is InChI=1S/C11H16I.C6H5FO3S/c1-4-11(2,3)9-5-7-10(12)8-6-9;7-5-3-1-2-4-6(5)11(8,9)10/h5-8,12H,4H2,1-3H3;1-4H,(H,8,9,10)/q+1;/p-1. The first kappa shape index (κ1) is 20.1. The molecule has 0 saturated carbocycles. The van der Waals surface area contributed by atoms with Crippen LogP contribution in [-0.2, 0) is 15.5 Å². The molecule has 0 heterocycles. The molecule has 2 aromatic carbocycles. The van der Waals surface area contributed by atoms with Crippen molar-refractivity contribution in [2.24, 2.45) is 0 Å². The topological polar surface area (TPSA) is 57.2 Å². The predicted molar refractivity (Wildman–Crippen MR) is 84.2 cm³/mol. The third-order valence-electron chi connectivity index (χ3n) is 3.63. The Hall–Kier alpha value is -0.990. The fourth-order valence-electron chi connectivity index (χ4n) is 1.76. The van der Waals surface area contributed by atoms with Gasteiger partial charge in [0.1, 0.15) is 15.9 Å². The van der Waals surface area contributed by atoms with Crippen molar-refractivity contribution in [3.8, 4) is 0 Å². The van der Waals surface area contributed by atoms with Crippen LogP contribution in [0.4, 0.5) is 4.39 Å². The molecular weight excluding hydrogens is 430 g/mol. The van der Waals surface area contributed by atoms with Gasteiger partial charge in [-0.1, -0.05) is 45.0 Å². The van der Waals surface area contributed by atoms with E-state index in [0.29, 0.717) is 5.41 Å². The molecule has 0 atom stereocenters. The molecule has 0 amide bonds. The molecule has 2 rings (SSSR count). The summed E-state index contributed by atoms with van der Waals surface area (Å²) in [5.74, 6) is -1.01. The van der Waals surface area contributed by atoms with Gasteiger partial charge in [-0.25, -0.2) is 12.8 Å². The molecule has 6 heteroatoms. The molecule has 126 valence electrons. The van der Waals surface area contributed by atoms with Crippen molar-refractivity contribution in [2.45, 2.75) is 37.5 Å². The highest BCUT2D eigenvalue weighted by molar-refractivity contribution is 7.85.